The van der Waals surface area contributed by atoms with Gasteiger partial charge in [0.25, 0.3) is 0 Å². The van der Waals surface area contributed by atoms with Crippen LogP contribution in [0.2, 0.25) is 0 Å². The molecule has 1 N–H and O–H groups in total. The van der Waals surface area contributed by atoms with Crippen molar-refractivity contribution in [2.24, 2.45) is 0 Å². The smallest absolute Gasteiger partial charge is 0.307 e. The average molecular weight is 400 g/mol. The normalized spacial score (nSPS) is 17.7. The highest BCUT2D eigenvalue weighted by Gasteiger charge is 2.14. The Hall–Kier alpha value is -2.10. The molecule has 1 amide bonds. The van der Waals surface area contributed by atoms with E-state index < -0.39 is 0 Å². The molecule has 1 aliphatic rings. The number of hydrogen-bond acceptors (Lipinski definition) is 3. The summed E-state index contributed by atoms with van der Waals surface area (Å²) in [6.45, 7) is 0.309. The highest BCUT2D eigenvalue weighted by Crippen LogP contribution is 2.19. The van der Waals surface area contributed by atoms with E-state index in [9.17, 15) is 9.59 Å². The first kappa shape index (κ1) is 23.2. The summed E-state index contributed by atoms with van der Waals surface area (Å²) in [6, 6.07) is 9.67. The Morgan fingerprint density at radius 3 is 2.00 bits per heavy atom. The van der Waals surface area contributed by atoms with Crippen LogP contribution in [0.25, 0.3) is 6.08 Å². The van der Waals surface area contributed by atoms with Crippen LogP contribution in [-0.4, -0.2) is 24.5 Å². The molecule has 160 valence electrons. The quantitative estimate of drug-likeness (QED) is 0.485. The molecule has 0 unspecified atom stereocenters. The number of esters is 1. The molecule has 0 radical (unpaired) electrons. The Bertz CT molecular complexity index is 598. The van der Waals surface area contributed by atoms with Crippen molar-refractivity contribution in [3.63, 3.8) is 0 Å². The third kappa shape index (κ3) is 11.5. The molecule has 0 heterocycles. The molecular weight excluding hydrogens is 362 g/mol. The lowest BCUT2D eigenvalue weighted by atomic mass is 10.0. The van der Waals surface area contributed by atoms with E-state index in [0.29, 0.717) is 6.54 Å². The lowest BCUT2D eigenvalue weighted by Gasteiger charge is -2.18. The molecule has 1 aromatic rings. The highest BCUT2D eigenvalue weighted by molar-refractivity contribution is 5.91. The largest absolute Gasteiger partial charge is 0.462 e. The average Bonchev–Trinajstić information content (AvgIpc) is 2.75. The van der Waals surface area contributed by atoms with Crippen LogP contribution >= 0.6 is 0 Å². The molecule has 0 atom stereocenters. The van der Waals surface area contributed by atoms with Crippen molar-refractivity contribution >= 4 is 18.0 Å². The van der Waals surface area contributed by atoms with E-state index >= 15 is 0 Å². The predicted molar refractivity (Wildman–Crippen MR) is 118 cm³/mol. The maximum absolute atomic E-state index is 12.2. The molecule has 0 spiro atoms. The third-order valence-electron chi connectivity index (χ3n) is 5.46. The molecule has 0 bridgehead atoms. The summed E-state index contributed by atoms with van der Waals surface area (Å²) in [5, 5.41) is 2.76. The molecule has 2 rings (SSSR count). The van der Waals surface area contributed by atoms with Gasteiger partial charge < -0.3 is 10.1 Å². The van der Waals surface area contributed by atoms with Crippen molar-refractivity contribution in [1.82, 2.24) is 5.32 Å². The highest BCUT2D eigenvalue weighted by atomic mass is 16.5. The molecule has 0 saturated heterocycles. The Balaban J connectivity index is 1.66. The summed E-state index contributed by atoms with van der Waals surface area (Å²) in [7, 11) is 0. The van der Waals surface area contributed by atoms with Gasteiger partial charge in [-0.1, -0.05) is 81.7 Å². The number of benzene rings is 1. The van der Waals surface area contributed by atoms with Crippen LogP contribution in [0.15, 0.2) is 36.4 Å². The fraction of sp³-hybridized carbons (Fsp3) is 0.600. The minimum Gasteiger partial charge on any atom is -0.462 e. The van der Waals surface area contributed by atoms with Crippen LogP contribution < -0.4 is 5.32 Å². The summed E-state index contributed by atoms with van der Waals surface area (Å²) in [4.78, 5) is 24.1. The van der Waals surface area contributed by atoms with Gasteiger partial charge in [-0.15, -0.1) is 0 Å². The van der Waals surface area contributed by atoms with E-state index in [1.165, 1.54) is 57.4 Å². The van der Waals surface area contributed by atoms with E-state index in [1.54, 1.807) is 6.08 Å². The van der Waals surface area contributed by atoms with Gasteiger partial charge in [0.2, 0.25) is 5.91 Å². The Morgan fingerprint density at radius 1 is 0.862 bits per heavy atom. The van der Waals surface area contributed by atoms with Gasteiger partial charge in [-0.3, -0.25) is 9.59 Å². The molecular formula is C25H37NO3. The van der Waals surface area contributed by atoms with Gasteiger partial charge in [-0.2, -0.15) is 0 Å². The standard InChI is InChI=1S/C25H37NO3/c27-24(19-18-22-14-10-9-11-15-22)26-21-20-25(28)29-23-16-12-7-5-3-1-2-4-6-8-13-17-23/h9-11,14-15,18-19,23H,1-8,12-13,16-17,20-21H2,(H,26,27)/b19-18+. The first-order valence-electron chi connectivity index (χ1n) is 11.4. The Morgan fingerprint density at radius 2 is 1.41 bits per heavy atom. The number of rotatable bonds is 6. The fourth-order valence-electron chi connectivity index (χ4n) is 3.75. The summed E-state index contributed by atoms with van der Waals surface area (Å²) >= 11 is 0. The van der Waals surface area contributed by atoms with Crippen molar-refractivity contribution in [2.75, 3.05) is 6.54 Å². The van der Waals surface area contributed by atoms with Gasteiger partial charge in [-0.05, 0) is 37.3 Å². The van der Waals surface area contributed by atoms with Crippen LogP contribution in [0.5, 0.6) is 0 Å². The molecule has 1 aromatic carbocycles. The van der Waals surface area contributed by atoms with Crippen molar-refractivity contribution in [3.8, 4) is 0 Å². The maximum atomic E-state index is 12.2. The summed E-state index contributed by atoms with van der Waals surface area (Å²) < 4.78 is 5.73. The van der Waals surface area contributed by atoms with Crippen LogP contribution in [0.3, 0.4) is 0 Å². The SMILES string of the molecule is O=C(/C=C/c1ccccc1)NCCC(=O)OC1CCCCCCCCCCCC1. The number of carbonyl (C=O) groups excluding carboxylic acids is 2. The van der Waals surface area contributed by atoms with Gasteiger partial charge in [0.1, 0.15) is 6.10 Å². The van der Waals surface area contributed by atoms with E-state index in [2.05, 4.69) is 5.32 Å². The molecule has 4 heteroatoms. The van der Waals surface area contributed by atoms with Crippen LogP contribution in [0, 0.1) is 0 Å². The minimum absolute atomic E-state index is 0.0388. The summed E-state index contributed by atoms with van der Waals surface area (Å²) in [6.07, 6.45) is 18.2. The van der Waals surface area contributed by atoms with E-state index in [-0.39, 0.29) is 24.4 Å². The number of hydrogen-bond donors (Lipinski definition) is 1. The van der Waals surface area contributed by atoms with Gasteiger partial charge in [-0.25, -0.2) is 0 Å². The Kier molecular flexibility index (Phi) is 11.9. The summed E-state index contributed by atoms with van der Waals surface area (Å²) in [5.41, 5.74) is 0.972. The zero-order valence-electron chi connectivity index (χ0n) is 17.7. The van der Waals surface area contributed by atoms with Gasteiger partial charge in [0, 0.05) is 12.6 Å². The second kappa shape index (κ2) is 14.8. The van der Waals surface area contributed by atoms with Crippen molar-refractivity contribution in [2.45, 2.75) is 89.6 Å². The molecule has 0 aromatic heterocycles. The van der Waals surface area contributed by atoms with Crippen LogP contribution in [0.4, 0.5) is 0 Å². The van der Waals surface area contributed by atoms with Gasteiger partial charge >= 0.3 is 5.97 Å². The summed E-state index contributed by atoms with van der Waals surface area (Å²) in [5.74, 6) is -0.393. The molecule has 1 aliphatic carbocycles. The second-order valence-corrected chi connectivity index (χ2v) is 8.01. The fourth-order valence-corrected chi connectivity index (χ4v) is 3.75. The zero-order chi connectivity index (χ0) is 20.6. The van der Waals surface area contributed by atoms with Crippen LogP contribution in [-0.2, 0) is 14.3 Å². The van der Waals surface area contributed by atoms with Crippen molar-refractivity contribution in [3.05, 3.63) is 42.0 Å². The molecule has 1 fully saturated rings. The molecule has 0 aliphatic heterocycles. The number of carbonyl (C=O) groups is 2. The molecule has 1 saturated carbocycles. The second-order valence-electron chi connectivity index (χ2n) is 8.01. The lowest BCUT2D eigenvalue weighted by molar-refractivity contribution is -0.149. The molecule has 29 heavy (non-hydrogen) atoms. The molecule has 4 nitrogen and oxygen atoms in total. The monoisotopic (exact) mass is 399 g/mol. The predicted octanol–water partition coefficient (Wildman–Crippen LogP) is 5.81. The maximum Gasteiger partial charge on any atom is 0.307 e. The third-order valence-corrected chi connectivity index (χ3v) is 5.46. The number of ether oxygens (including phenoxy) is 1. The van der Waals surface area contributed by atoms with E-state index in [1.807, 2.05) is 30.3 Å². The Labute approximate surface area is 176 Å². The lowest BCUT2D eigenvalue weighted by Crippen LogP contribution is -2.26. The van der Waals surface area contributed by atoms with E-state index in [4.69, 9.17) is 4.74 Å². The number of amides is 1. The van der Waals surface area contributed by atoms with Crippen molar-refractivity contribution < 1.29 is 14.3 Å². The zero-order valence-corrected chi connectivity index (χ0v) is 17.7. The van der Waals surface area contributed by atoms with Gasteiger partial charge in [0.15, 0.2) is 0 Å². The van der Waals surface area contributed by atoms with Crippen molar-refractivity contribution in [1.29, 1.82) is 0 Å². The van der Waals surface area contributed by atoms with Gasteiger partial charge in [0.05, 0.1) is 6.42 Å². The first-order valence-corrected chi connectivity index (χ1v) is 11.4. The number of nitrogens with one attached hydrogen (secondary N) is 1. The topological polar surface area (TPSA) is 55.4 Å². The first-order chi connectivity index (χ1) is 14.2. The van der Waals surface area contributed by atoms with Crippen LogP contribution in [0.1, 0.15) is 89.0 Å². The minimum atomic E-state index is -0.202. The van der Waals surface area contributed by atoms with E-state index in [0.717, 1.165) is 31.2 Å².